The Balaban J connectivity index is 2.12. The average molecular weight is 316 g/mol. The first-order chi connectivity index (χ1) is 11.6. The molecule has 3 rings (SSSR count). The maximum Gasteiger partial charge on any atom is 0.131 e. The van der Waals surface area contributed by atoms with Gasteiger partial charge in [0, 0.05) is 11.1 Å². The van der Waals surface area contributed by atoms with Crippen LogP contribution in [0.3, 0.4) is 0 Å². The lowest BCUT2D eigenvalue weighted by Gasteiger charge is -2.09. The van der Waals surface area contributed by atoms with Crippen molar-refractivity contribution in [1.82, 2.24) is 0 Å². The summed E-state index contributed by atoms with van der Waals surface area (Å²) in [6, 6.07) is 18.9. The normalized spacial score (nSPS) is 10.0. The molecule has 0 saturated heterocycles. The Labute approximate surface area is 137 Å². The SMILES string of the molecule is N#Cc1cccc(-c2cc(F)c(-c3cccc(C#N)c3)cc2F)c1. The summed E-state index contributed by atoms with van der Waals surface area (Å²) in [6.45, 7) is 0. The summed E-state index contributed by atoms with van der Waals surface area (Å²) < 4.78 is 29.0. The van der Waals surface area contributed by atoms with Crippen molar-refractivity contribution in [2.45, 2.75) is 0 Å². The Morgan fingerprint density at radius 3 is 1.42 bits per heavy atom. The fourth-order valence-electron chi connectivity index (χ4n) is 2.50. The van der Waals surface area contributed by atoms with E-state index in [-0.39, 0.29) is 11.1 Å². The Hall–Kier alpha value is -3.50. The second kappa shape index (κ2) is 6.32. The third kappa shape index (κ3) is 2.86. The van der Waals surface area contributed by atoms with E-state index in [1.807, 2.05) is 12.1 Å². The average Bonchev–Trinajstić information content (AvgIpc) is 2.63. The molecule has 0 spiro atoms. The van der Waals surface area contributed by atoms with E-state index in [1.165, 1.54) is 12.1 Å². The second-order valence-corrected chi connectivity index (χ2v) is 5.20. The molecule has 0 fully saturated rings. The minimum atomic E-state index is -0.594. The van der Waals surface area contributed by atoms with E-state index in [0.717, 1.165) is 12.1 Å². The molecule has 0 aliphatic heterocycles. The molecular formula is C20H10F2N2. The maximum atomic E-state index is 14.5. The first-order valence-electron chi connectivity index (χ1n) is 7.12. The van der Waals surface area contributed by atoms with Crippen LogP contribution < -0.4 is 0 Å². The summed E-state index contributed by atoms with van der Waals surface area (Å²) in [5.74, 6) is -1.19. The van der Waals surface area contributed by atoms with Crippen LogP contribution in [0.5, 0.6) is 0 Å². The zero-order valence-corrected chi connectivity index (χ0v) is 12.4. The summed E-state index contributed by atoms with van der Waals surface area (Å²) in [4.78, 5) is 0. The van der Waals surface area contributed by atoms with Gasteiger partial charge >= 0.3 is 0 Å². The van der Waals surface area contributed by atoms with Gasteiger partial charge in [-0.1, -0.05) is 24.3 Å². The number of nitriles is 2. The van der Waals surface area contributed by atoms with Crippen LogP contribution in [0.2, 0.25) is 0 Å². The van der Waals surface area contributed by atoms with E-state index < -0.39 is 11.6 Å². The van der Waals surface area contributed by atoms with Crippen LogP contribution in [-0.2, 0) is 0 Å². The van der Waals surface area contributed by atoms with Gasteiger partial charge in [0.25, 0.3) is 0 Å². The van der Waals surface area contributed by atoms with E-state index in [0.29, 0.717) is 22.3 Å². The Morgan fingerprint density at radius 2 is 1.04 bits per heavy atom. The Morgan fingerprint density at radius 1 is 0.625 bits per heavy atom. The van der Waals surface area contributed by atoms with Gasteiger partial charge in [0.2, 0.25) is 0 Å². The molecule has 4 heteroatoms. The summed E-state index contributed by atoms with van der Waals surface area (Å²) in [5, 5.41) is 17.9. The smallest absolute Gasteiger partial charge is 0.131 e. The van der Waals surface area contributed by atoms with Crippen LogP contribution in [0, 0.1) is 34.3 Å². The van der Waals surface area contributed by atoms with E-state index in [1.54, 1.807) is 36.4 Å². The predicted octanol–water partition coefficient (Wildman–Crippen LogP) is 5.04. The van der Waals surface area contributed by atoms with Crippen LogP contribution in [0.4, 0.5) is 8.78 Å². The van der Waals surface area contributed by atoms with Gasteiger partial charge in [-0.3, -0.25) is 0 Å². The standard InChI is InChI=1S/C20H10F2N2/c21-19-10-18(16-6-2-4-14(8-16)12-24)20(22)9-17(19)15-5-1-3-13(7-15)11-23/h1-10H. The van der Waals surface area contributed by atoms with Gasteiger partial charge in [-0.25, -0.2) is 8.78 Å². The Bertz CT molecular complexity index is 928. The van der Waals surface area contributed by atoms with Gasteiger partial charge < -0.3 is 0 Å². The first kappa shape index (κ1) is 15.4. The molecule has 3 aromatic carbocycles. The summed E-state index contributed by atoms with van der Waals surface area (Å²) >= 11 is 0. The zero-order chi connectivity index (χ0) is 17.1. The molecule has 0 aromatic heterocycles. The molecule has 0 N–H and O–H groups in total. The van der Waals surface area contributed by atoms with Crippen molar-refractivity contribution in [3.63, 3.8) is 0 Å². The number of benzene rings is 3. The molecule has 2 nitrogen and oxygen atoms in total. The van der Waals surface area contributed by atoms with Crippen LogP contribution >= 0.6 is 0 Å². The van der Waals surface area contributed by atoms with Crippen LogP contribution in [0.15, 0.2) is 60.7 Å². The fraction of sp³-hybridized carbons (Fsp3) is 0. The molecule has 0 atom stereocenters. The molecule has 0 heterocycles. The largest absolute Gasteiger partial charge is 0.206 e. The maximum absolute atomic E-state index is 14.5. The van der Waals surface area contributed by atoms with Crippen molar-refractivity contribution in [2.24, 2.45) is 0 Å². The molecule has 0 bridgehead atoms. The van der Waals surface area contributed by atoms with Crippen molar-refractivity contribution in [3.05, 3.63) is 83.4 Å². The van der Waals surface area contributed by atoms with Gasteiger partial charge in [-0.2, -0.15) is 10.5 Å². The van der Waals surface area contributed by atoms with Crippen molar-refractivity contribution in [1.29, 1.82) is 10.5 Å². The minimum Gasteiger partial charge on any atom is -0.206 e. The summed E-state index contributed by atoms with van der Waals surface area (Å²) in [5.41, 5.74) is 1.79. The third-order valence-electron chi connectivity index (χ3n) is 3.66. The van der Waals surface area contributed by atoms with E-state index in [9.17, 15) is 8.78 Å². The highest BCUT2D eigenvalue weighted by atomic mass is 19.1. The number of halogens is 2. The van der Waals surface area contributed by atoms with Crippen LogP contribution in [-0.4, -0.2) is 0 Å². The van der Waals surface area contributed by atoms with Crippen LogP contribution in [0.25, 0.3) is 22.3 Å². The molecule has 114 valence electrons. The Kier molecular flexibility index (Phi) is 4.05. The third-order valence-corrected chi connectivity index (χ3v) is 3.66. The zero-order valence-electron chi connectivity index (χ0n) is 12.4. The van der Waals surface area contributed by atoms with Crippen molar-refractivity contribution >= 4 is 0 Å². The molecule has 3 aromatic rings. The lowest BCUT2D eigenvalue weighted by Crippen LogP contribution is -1.92. The number of hydrogen-bond acceptors (Lipinski definition) is 2. The highest BCUT2D eigenvalue weighted by Gasteiger charge is 2.14. The molecule has 0 unspecified atom stereocenters. The fourth-order valence-corrected chi connectivity index (χ4v) is 2.50. The molecule has 0 aliphatic carbocycles. The van der Waals surface area contributed by atoms with Gasteiger partial charge in [0.1, 0.15) is 11.6 Å². The quantitative estimate of drug-likeness (QED) is 0.665. The minimum absolute atomic E-state index is 0.0878. The topological polar surface area (TPSA) is 47.6 Å². The molecule has 0 radical (unpaired) electrons. The molecule has 0 amide bonds. The number of rotatable bonds is 2. The number of nitrogens with zero attached hydrogens (tertiary/aromatic N) is 2. The second-order valence-electron chi connectivity index (χ2n) is 5.20. The summed E-state index contributed by atoms with van der Waals surface area (Å²) in [7, 11) is 0. The van der Waals surface area contributed by atoms with Gasteiger partial charge in [0.15, 0.2) is 0 Å². The number of hydrogen-bond donors (Lipinski definition) is 0. The van der Waals surface area contributed by atoms with E-state index in [2.05, 4.69) is 0 Å². The van der Waals surface area contributed by atoms with Gasteiger partial charge in [0.05, 0.1) is 23.3 Å². The molecule has 24 heavy (non-hydrogen) atoms. The van der Waals surface area contributed by atoms with Crippen LogP contribution in [0.1, 0.15) is 11.1 Å². The van der Waals surface area contributed by atoms with Crippen molar-refractivity contribution in [2.75, 3.05) is 0 Å². The molecule has 0 saturated carbocycles. The van der Waals surface area contributed by atoms with E-state index in [4.69, 9.17) is 10.5 Å². The van der Waals surface area contributed by atoms with Gasteiger partial charge in [-0.05, 0) is 47.5 Å². The lowest BCUT2D eigenvalue weighted by molar-refractivity contribution is 0.606. The van der Waals surface area contributed by atoms with Crippen molar-refractivity contribution in [3.8, 4) is 34.4 Å². The highest BCUT2D eigenvalue weighted by molar-refractivity contribution is 5.73. The van der Waals surface area contributed by atoms with Crippen molar-refractivity contribution < 1.29 is 8.78 Å². The lowest BCUT2D eigenvalue weighted by atomic mass is 9.97. The monoisotopic (exact) mass is 316 g/mol. The first-order valence-corrected chi connectivity index (χ1v) is 7.12. The molecule has 0 aliphatic rings. The summed E-state index contributed by atoms with van der Waals surface area (Å²) in [6.07, 6.45) is 0. The predicted molar refractivity (Wildman–Crippen MR) is 86.7 cm³/mol. The van der Waals surface area contributed by atoms with E-state index >= 15 is 0 Å². The molecular weight excluding hydrogens is 306 g/mol. The highest BCUT2D eigenvalue weighted by Crippen LogP contribution is 2.31. The van der Waals surface area contributed by atoms with Gasteiger partial charge in [-0.15, -0.1) is 0 Å².